The summed E-state index contributed by atoms with van der Waals surface area (Å²) in [7, 11) is 1.84. The number of rotatable bonds is 8. The summed E-state index contributed by atoms with van der Waals surface area (Å²) >= 11 is 0. The molecular formula is C17H32N6. The highest BCUT2D eigenvalue weighted by molar-refractivity contribution is 5.79. The predicted octanol–water partition coefficient (Wildman–Crippen LogP) is 1.56. The SMILES string of the molecule is CCN1CCC(CCNC(=NC)NCCCn2cccn2)CC1. The van der Waals surface area contributed by atoms with Crippen LogP contribution in [0.15, 0.2) is 23.5 Å². The zero-order valence-corrected chi connectivity index (χ0v) is 14.7. The Labute approximate surface area is 140 Å². The molecule has 0 unspecified atom stereocenters. The summed E-state index contributed by atoms with van der Waals surface area (Å²) in [6.07, 6.45) is 8.77. The van der Waals surface area contributed by atoms with Crippen LogP contribution in [0, 0.1) is 5.92 Å². The maximum absolute atomic E-state index is 4.29. The number of nitrogens with one attached hydrogen (secondary N) is 2. The van der Waals surface area contributed by atoms with E-state index in [4.69, 9.17) is 0 Å². The Bertz CT molecular complexity index is 434. The molecule has 0 spiro atoms. The summed E-state index contributed by atoms with van der Waals surface area (Å²) in [6.45, 7) is 8.84. The molecule has 0 aromatic carbocycles. The summed E-state index contributed by atoms with van der Waals surface area (Å²) < 4.78 is 1.96. The third-order valence-corrected chi connectivity index (χ3v) is 4.64. The number of hydrogen-bond donors (Lipinski definition) is 2. The number of aliphatic imine (C=N–C) groups is 1. The van der Waals surface area contributed by atoms with E-state index in [2.05, 4.69) is 32.5 Å². The number of likely N-dealkylation sites (tertiary alicyclic amines) is 1. The summed E-state index contributed by atoms with van der Waals surface area (Å²) in [6, 6.07) is 1.96. The van der Waals surface area contributed by atoms with Crippen molar-refractivity contribution in [1.82, 2.24) is 25.3 Å². The second kappa shape index (κ2) is 10.3. The van der Waals surface area contributed by atoms with Gasteiger partial charge in [-0.2, -0.15) is 5.10 Å². The molecule has 1 fully saturated rings. The second-order valence-corrected chi connectivity index (χ2v) is 6.21. The first kappa shape index (κ1) is 17.8. The normalized spacial score (nSPS) is 17.4. The maximum atomic E-state index is 4.29. The van der Waals surface area contributed by atoms with Gasteiger partial charge in [0.15, 0.2) is 5.96 Å². The molecule has 2 rings (SSSR count). The topological polar surface area (TPSA) is 57.5 Å². The average Bonchev–Trinajstić information content (AvgIpc) is 3.11. The Kier molecular flexibility index (Phi) is 7.93. The van der Waals surface area contributed by atoms with Gasteiger partial charge in [0, 0.05) is 39.1 Å². The molecule has 1 saturated heterocycles. The summed E-state index contributed by atoms with van der Waals surface area (Å²) in [5.74, 6) is 1.78. The zero-order chi connectivity index (χ0) is 16.3. The molecular weight excluding hydrogens is 288 g/mol. The lowest BCUT2D eigenvalue weighted by molar-refractivity contribution is 0.187. The van der Waals surface area contributed by atoms with E-state index in [0.717, 1.165) is 37.9 Å². The van der Waals surface area contributed by atoms with Crippen molar-refractivity contribution in [3.63, 3.8) is 0 Å². The van der Waals surface area contributed by atoms with Crippen LogP contribution in [0.3, 0.4) is 0 Å². The number of piperidine rings is 1. The van der Waals surface area contributed by atoms with Crippen LogP contribution in [0.5, 0.6) is 0 Å². The first-order valence-electron chi connectivity index (χ1n) is 8.96. The molecule has 0 aliphatic carbocycles. The molecule has 0 saturated carbocycles. The maximum Gasteiger partial charge on any atom is 0.190 e. The van der Waals surface area contributed by atoms with Crippen LogP contribution in [-0.4, -0.2) is 60.4 Å². The van der Waals surface area contributed by atoms with Gasteiger partial charge in [0.2, 0.25) is 0 Å². The lowest BCUT2D eigenvalue weighted by atomic mass is 9.93. The van der Waals surface area contributed by atoms with E-state index in [0.29, 0.717) is 0 Å². The van der Waals surface area contributed by atoms with Crippen LogP contribution < -0.4 is 10.6 Å². The van der Waals surface area contributed by atoms with Gasteiger partial charge >= 0.3 is 0 Å². The molecule has 0 bridgehead atoms. The van der Waals surface area contributed by atoms with Gasteiger partial charge < -0.3 is 15.5 Å². The fourth-order valence-corrected chi connectivity index (χ4v) is 3.09. The molecule has 1 aliphatic heterocycles. The second-order valence-electron chi connectivity index (χ2n) is 6.21. The van der Waals surface area contributed by atoms with Crippen molar-refractivity contribution >= 4 is 5.96 Å². The molecule has 2 heterocycles. The van der Waals surface area contributed by atoms with E-state index in [-0.39, 0.29) is 0 Å². The standard InChI is InChI=1S/C17H32N6/c1-3-22-14-7-16(8-15-22)6-11-20-17(18-2)19-9-4-12-23-13-5-10-21-23/h5,10,13,16H,3-4,6-9,11-12,14-15H2,1-2H3,(H2,18,19,20). The first-order valence-corrected chi connectivity index (χ1v) is 8.96. The monoisotopic (exact) mass is 320 g/mol. The van der Waals surface area contributed by atoms with Crippen molar-refractivity contribution in [3.05, 3.63) is 18.5 Å². The molecule has 0 atom stereocenters. The van der Waals surface area contributed by atoms with Gasteiger partial charge in [-0.25, -0.2) is 0 Å². The van der Waals surface area contributed by atoms with Crippen molar-refractivity contribution in [2.24, 2.45) is 10.9 Å². The van der Waals surface area contributed by atoms with Crippen molar-refractivity contribution in [3.8, 4) is 0 Å². The van der Waals surface area contributed by atoms with Crippen LogP contribution in [0.25, 0.3) is 0 Å². The van der Waals surface area contributed by atoms with Crippen LogP contribution in [0.2, 0.25) is 0 Å². The first-order chi connectivity index (χ1) is 11.3. The van der Waals surface area contributed by atoms with Crippen LogP contribution in [0.1, 0.15) is 32.6 Å². The number of aryl methyl sites for hydroxylation is 1. The van der Waals surface area contributed by atoms with Crippen LogP contribution in [-0.2, 0) is 6.54 Å². The van der Waals surface area contributed by atoms with Gasteiger partial charge in [0.1, 0.15) is 0 Å². The molecule has 2 N–H and O–H groups in total. The van der Waals surface area contributed by atoms with Gasteiger partial charge in [-0.3, -0.25) is 9.67 Å². The molecule has 1 aliphatic rings. The Morgan fingerprint density at radius 1 is 1.26 bits per heavy atom. The lowest BCUT2D eigenvalue weighted by Gasteiger charge is -2.31. The zero-order valence-electron chi connectivity index (χ0n) is 14.7. The van der Waals surface area contributed by atoms with E-state index in [1.54, 1.807) is 0 Å². The molecule has 23 heavy (non-hydrogen) atoms. The fourth-order valence-electron chi connectivity index (χ4n) is 3.09. The van der Waals surface area contributed by atoms with E-state index < -0.39 is 0 Å². The highest BCUT2D eigenvalue weighted by Gasteiger charge is 2.17. The van der Waals surface area contributed by atoms with E-state index >= 15 is 0 Å². The molecule has 1 aromatic rings. The van der Waals surface area contributed by atoms with E-state index in [9.17, 15) is 0 Å². The smallest absolute Gasteiger partial charge is 0.190 e. The minimum atomic E-state index is 0.864. The minimum absolute atomic E-state index is 0.864. The fraction of sp³-hybridized carbons (Fsp3) is 0.765. The van der Waals surface area contributed by atoms with Gasteiger partial charge in [0.05, 0.1) is 0 Å². The summed E-state index contributed by atoms with van der Waals surface area (Å²) in [5.41, 5.74) is 0. The van der Waals surface area contributed by atoms with E-state index in [1.165, 1.54) is 38.9 Å². The Hall–Kier alpha value is -1.56. The molecule has 1 aromatic heterocycles. The van der Waals surface area contributed by atoms with Gasteiger partial charge in [-0.1, -0.05) is 6.92 Å². The Morgan fingerprint density at radius 2 is 2.04 bits per heavy atom. The number of hydrogen-bond acceptors (Lipinski definition) is 3. The third-order valence-electron chi connectivity index (χ3n) is 4.64. The highest BCUT2D eigenvalue weighted by atomic mass is 15.3. The quantitative estimate of drug-likeness (QED) is 0.434. The summed E-state index contributed by atoms with van der Waals surface area (Å²) in [5, 5.41) is 11.0. The van der Waals surface area contributed by atoms with Crippen LogP contribution in [0.4, 0.5) is 0 Å². The van der Waals surface area contributed by atoms with E-state index in [1.807, 2.05) is 30.2 Å². The van der Waals surface area contributed by atoms with Crippen molar-refractivity contribution < 1.29 is 0 Å². The van der Waals surface area contributed by atoms with Crippen molar-refractivity contribution in [2.75, 3.05) is 39.8 Å². The molecule has 0 radical (unpaired) electrons. The largest absolute Gasteiger partial charge is 0.356 e. The predicted molar refractivity (Wildman–Crippen MR) is 95.7 cm³/mol. The number of aromatic nitrogens is 2. The van der Waals surface area contributed by atoms with Crippen molar-refractivity contribution in [2.45, 2.75) is 39.2 Å². The average molecular weight is 320 g/mol. The number of nitrogens with zero attached hydrogens (tertiary/aromatic N) is 4. The minimum Gasteiger partial charge on any atom is -0.356 e. The van der Waals surface area contributed by atoms with Crippen LogP contribution >= 0.6 is 0 Å². The Morgan fingerprint density at radius 3 is 2.70 bits per heavy atom. The molecule has 0 amide bonds. The molecule has 6 heteroatoms. The summed E-state index contributed by atoms with van der Waals surface area (Å²) in [4.78, 5) is 6.84. The molecule has 6 nitrogen and oxygen atoms in total. The third kappa shape index (κ3) is 6.60. The Balaban J connectivity index is 1.53. The highest BCUT2D eigenvalue weighted by Crippen LogP contribution is 2.19. The van der Waals surface area contributed by atoms with Gasteiger partial charge in [0.25, 0.3) is 0 Å². The molecule has 130 valence electrons. The van der Waals surface area contributed by atoms with Gasteiger partial charge in [-0.15, -0.1) is 0 Å². The van der Waals surface area contributed by atoms with Gasteiger partial charge in [-0.05, 0) is 57.3 Å². The number of guanidine groups is 1. The lowest BCUT2D eigenvalue weighted by Crippen LogP contribution is -2.40. The van der Waals surface area contributed by atoms with Crippen molar-refractivity contribution in [1.29, 1.82) is 0 Å².